The second kappa shape index (κ2) is 7.62. The summed E-state index contributed by atoms with van der Waals surface area (Å²) in [5, 5.41) is 3.77. The summed E-state index contributed by atoms with van der Waals surface area (Å²) in [4.78, 5) is 14.8. The van der Waals surface area contributed by atoms with E-state index in [0.29, 0.717) is 11.6 Å². The summed E-state index contributed by atoms with van der Waals surface area (Å²) >= 11 is 5.88. The maximum atomic E-state index is 12.5. The maximum Gasteiger partial charge on any atom is 0.237 e. The molecule has 1 fully saturated rings. The Morgan fingerprint density at radius 1 is 1.09 bits per heavy atom. The minimum absolute atomic E-state index is 0.0255. The molecule has 1 unspecified atom stereocenters. The molecule has 0 spiro atoms. The van der Waals surface area contributed by atoms with Gasteiger partial charge in [-0.05, 0) is 42.6 Å². The Morgan fingerprint density at radius 3 is 2.57 bits per heavy atom. The van der Waals surface area contributed by atoms with Gasteiger partial charge in [-0.25, -0.2) is 0 Å². The second-order valence-electron chi connectivity index (χ2n) is 5.96. The van der Waals surface area contributed by atoms with Crippen LogP contribution in [0, 0.1) is 0 Å². The van der Waals surface area contributed by atoms with E-state index >= 15 is 0 Å². The standard InChI is InChI=1S/C19H21ClN2O/c20-17-10-8-15(9-11-17)13-21-19(23)18-7-4-12-22(18)14-16-5-2-1-3-6-16/h1-3,5-6,8-11,18H,4,7,12-14H2,(H,21,23). The Balaban J connectivity index is 1.56. The molecule has 1 aliphatic heterocycles. The first-order valence-corrected chi connectivity index (χ1v) is 8.40. The van der Waals surface area contributed by atoms with E-state index in [1.54, 1.807) is 0 Å². The van der Waals surface area contributed by atoms with Crippen molar-refractivity contribution >= 4 is 17.5 Å². The number of hydrogen-bond acceptors (Lipinski definition) is 2. The molecule has 3 nitrogen and oxygen atoms in total. The van der Waals surface area contributed by atoms with E-state index in [1.807, 2.05) is 42.5 Å². The van der Waals surface area contributed by atoms with E-state index in [9.17, 15) is 4.79 Å². The molecular formula is C19H21ClN2O. The van der Waals surface area contributed by atoms with Crippen LogP contribution in [0.2, 0.25) is 5.02 Å². The van der Waals surface area contributed by atoms with E-state index in [1.165, 1.54) is 5.56 Å². The average Bonchev–Trinajstić information content (AvgIpc) is 3.03. The number of carbonyl (C=O) groups is 1. The summed E-state index contributed by atoms with van der Waals surface area (Å²) in [6.45, 7) is 2.36. The summed E-state index contributed by atoms with van der Waals surface area (Å²) in [7, 11) is 0. The van der Waals surface area contributed by atoms with E-state index < -0.39 is 0 Å². The highest BCUT2D eigenvalue weighted by Gasteiger charge is 2.30. The lowest BCUT2D eigenvalue weighted by Gasteiger charge is -2.23. The fourth-order valence-electron chi connectivity index (χ4n) is 3.04. The van der Waals surface area contributed by atoms with Gasteiger partial charge in [0.05, 0.1) is 6.04 Å². The number of carbonyl (C=O) groups excluding carboxylic acids is 1. The highest BCUT2D eigenvalue weighted by molar-refractivity contribution is 6.30. The Kier molecular flexibility index (Phi) is 5.31. The highest BCUT2D eigenvalue weighted by Crippen LogP contribution is 2.20. The minimum Gasteiger partial charge on any atom is -0.351 e. The highest BCUT2D eigenvalue weighted by atomic mass is 35.5. The van der Waals surface area contributed by atoms with Crippen molar-refractivity contribution in [3.05, 3.63) is 70.7 Å². The van der Waals surface area contributed by atoms with E-state index in [0.717, 1.165) is 31.5 Å². The van der Waals surface area contributed by atoms with Gasteiger partial charge in [-0.2, -0.15) is 0 Å². The van der Waals surface area contributed by atoms with E-state index in [4.69, 9.17) is 11.6 Å². The first kappa shape index (κ1) is 16.0. The molecule has 23 heavy (non-hydrogen) atoms. The number of rotatable bonds is 5. The van der Waals surface area contributed by atoms with Gasteiger partial charge >= 0.3 is 0 Å². The monoisotopic (exact) mass is 328 g/mol. The molecule has 0 aromatic heterocycles. The maximum absolute atomic E-state index is 12.5. The lowest BCUT2D eigenvalue weighted by Crippen LogP contribution is -2.42. The van der Waals surface area contributed by atoms with Gasteiger partial charge in [0.2, 0.25) is 5.91 Å². The third kappa shape index (κ3) is 4.34. The number of nitrogens with zero attached hydrogens (tertiary/aromatic N) is 1. The molecule has 0 bridgehead atoms. The molecule has 1 amide bonds. The Labute approximate surface area is 142 Å². The SMILES string of the molecule is O=C(NCc1ccc(Cl)cc1)C1CCCN1Cc1ccccc1. The van der Waals surface area contributed by atoms with Crippen LogP contribution in [0.5, 0.6) is 0 Å². The number of amides is 1. The zero-order valence-corrected chi connectivity index (χ0v) is 13.8. The molecule has 1 heterocycles. The van der Waals surface area contributed by atoms with Crippen LogP contribution in [0.3, 0.4) is 0 Å². The number of hydrogen-bond donors (Lipinski definition) is 1. The molecule has 0 aliphatic carbocycles. The van der Waals surface area contributed by atoms with Crippen LogP contribution in [0.25, 0.3) is 0 Å². The first-order valence-electron chi connectivity index (χ1n) is 8.02. The number of nitrogens with one attached hydrogen (secondary N) is 1. The van der Waals surface area contributed by atoms with Gasteiger partial charge in [0.25, 0.3) is 0 Å². The molecule has 0 radical (unpaired) electrons. The van der Waals surface area contributed by atoms with Gasteiger partial charge in [-0.3, -0.25) is 9.69 Å². The molecule has 1 aliphatic rings. The van der Waals surface area contributed by atoms with Crippen molar-refractivity contribution < 1.29 is 4.79 Å². The molecule has 1 N–H and O–H groups in total. The molecule has 0 saturated carbocycles. The van der Waals surface area contributed by atoms with Crippen LogP contribution in [0.15, 0.2) is 54.6 Å². The Bertz CT molecular complexity index is 642. The fraction of sp³-hybridized carbons (Fsp3) is 0.316. The van der Waals surface area contributed by atoms with Crippen LogP contribution in [-0.2, 0) is 17.9 Å². The third-order valence-corrected chi connectivity index (χ3v) is 4.53. The lowest BCUT2D eigenvalue weighted by molar-refractivity contribution is -0.125. The summed E-state index contributed by atoms with van der Waals surface area (Å²) < 4.78 is 0. The Hall–Kier alpha value is -1.84. The molecule has 3 rings (SSSR count). The predicted molar refractivity (Wildman–Crippen MR) is 93.2 cm³/mol. The summed E-state index contributed by atoms with van der Waals surface area (Å²) in [5.41, 5.74) is 2.32. The van der Waals surface area contributed by atoms with Crippen LogP contribution in [0.1, 0.15) is 24.0 Å². The van der Waals surface area contributed by atoms with Crippen molar-refractivity contribution in [1.82, 2.24) is 10.2 Å². The van der Waals surface area contributed by atoms with Crippen molar-refractivity contribution in [2.24, 2.45) is 0 Å². The minimum atomic E-state index is -0.0255. The van der Waals surface area contributed by atoms with Gasteiger partial charge in [0.15, 0.2) is 0 Å². The summed E-state index contributed by atoms with van der Waals surface area (Å²) in [6.07, 6.45) is 2.01. The van der Waals surface area contributed by atoms with E-state index in [2.05, 4.69) is 22.3 Å². The molecular weight excluding hydrogens is 308 g/mol. The van der Waals surface area contributed by atoms with Crippen LogP contribution in [0.4, 0.5) is 0 Å². The molecule has 1 atom stereocenters. The topological polar surface area (TPSA) is 32.3 Å². The molecule has 120 valence electrons. The van der Waals surface area contributed by atoms with Crippen molar-refractivity contribution in [2.75, 3.05) is 6.54 Å². The van der Waals surface area contributed by atoms with Crippen LogP contribution in [-0.4, -0.2) is 23.4 Å². The van der Waals surface area contributed by atoms with Gasteiger partial charge in [0.1, 0.15) is 0 Å². The molecule has 2 aromatic carbocycles. The fourth-order valence-corrected chi connectivity index (χ4v) is 3.17. The predicted octanol–water partition coefficient (Wildman–Crippen LogP) is 3.62. The van der Waals surface area contributed by atoms with Crippen molar-refractivity contribution in [1.29, 1.82) is 0 Å². The Morgan fingerprint density at radius 2 is 1.83 bits per heavy atom. The van der Waals surface area contributed by atoms with Crippen molar-refractivity contribution in [3.63, 3.8) is 0 Å². The summed E-state index contributed by atoms with van der Waals surface area (Å²) in [6, 6.07) is 17.9. The van der Waals surface area contributed by atoms with Gasteiger partial charge in [0, 0.05) is 18.1 Å². The number of benzene rings is 2. The van der Waals surface area contributed by atoms with Gasteiger partial charge in [-0.1, -0.05) is 54.1 Å². The summed E-state index contributed by atoms with van der Waals surface area (Å²) in [5.74, 6) is 0.119. The van der Waals surface area contributed by atoms with Crippen molar-refractivity contribution in [3.8, 4) is 0 Å². The van der Waals surface area contributed by atoms with Crippen LogP contribution < -0.4 is 5.32 Å². The molecule has 4 heteroatoms. The second-order valence-corrected chi connectivity index (χ2v) is 6.39. The zero-order chi connectivity index (χ0) is 16.1. The van der Waals surface area contributed by atoms with Gasteiger partial charge < -0.3 is 5.32 Å². The zero-order valence-electron chi connectivity index (χ0n) is 13.0. The van der Waals surface area contributed by atoms with Crippen molar-refractivity contribution in [2.45, 2.75) is 32.0 Å². The number of halogens is 1. The smallest absolute Gasteiger partial charge is 0.237 e. The van der Waals surface area contributed by atoms with Gasteiger partial charge in [-0.15, -0.1) is 0 Å². The van der Waals surface area contributed by atoms with Crippen LogP contribution >= 0.6 is 11.6 Å². The largest absolute Gasteiger partial charge is 0.351 e. The average molecular weight is 329 g/mol. The normalized spacial score (nSPS) is 18.0. The molecule has 1 saturated heterocycles. The van der Waals surface area contributed by atoms with E-state index in [-0.39, 0.29) is 11.9 Å². The lowest BCUT2D eigenvalue weighted by atomic mass is 10.1. The third-order valence-electron chi connectivity index (χ3n) is 4.27. The number of likely N-dealkylation sites (tertiary alicyclic amines) is 1. The first-order chi connectivity index (χ1) is 11.2. The quantitative estimate of drug-likeness (QED) is 0.909. The molecule has 2 aromatic rings.